The molecule has 1 saturated heterocycles. The topological polar surface area (TPSA) is 59.1 Å². The minimum atomic E-state index is -0.244. The van der Waals surface area contributed by atoms with E-state index in [0.29, 0.717) is 38.6 Å². The number of ether oxygens (including phenoxy) is 2. The number of esters is 1. The molecule has 1 atom stereocenters. The maximum absolute atomic E-state index is 12.9. The molecule has 1 aromatic rings. The van der Waals surface area contributed by atoms with Crippen molar-refractivity contribution in [3.63, 3.8) is 0 Å². The van der Waals surface area contributed by atoms with Crippen molar-refractivity contribution in [2.24, 2.45) is 0 Å². The Morgan fingerprint density at radius 1 is 1.25 bits per heavy atom. The lowest BCUT2D eigenvalue weighted by Crippen LogP contribution is -2.44. The molecule has 1 unspecified atom stereocenters. The second-order valence-corrected chi connectivity index (χ2v) is 7.17. The monoisotopic (exact) mass is 390 g/mol. The Morgan fingerprint density at radius 2 is 2.07 bits per heavy atom. The summed E-state index contributed by atoms with van der Waals surface area (Å²) in [6.45, 7) is 7.51. The molecule has 6 heteroatoms. The summed E-state index contributed by atoms with van der Waals surface area (Å²) in [5.41, 5.74) is 1.08. The fourth-order valence-corrected chi connectivity index (χ4v) is 3.79. The quantitative estimate of drug-likeness (QED) is 0.544. The molecular weight excluding hydrogens is 356 g/mol. The van der Waals surface area contributed by atoms with E-state index in [9.17, 15) is 9.59 Å². The molecule has 6 nitrogen and oxygen atoms in total. The van der Waals surface area contributed by atoms with Crippen molar-refractivity contribution in [1.29, 1.82) is 0 Å². The fraction of sp³-hybridized carbons (Fsp3) is 0.636. The summed E-state index contributed by atoms with van der Waals surface area (Å²) >= 11 is 0. The Morgan fingerprint density at radius 3 is 2.79 bits per heavy atom. The van der Waals surface area contributed by atoms with Gasteiger partial charge >= 0.3 is 5.97 Å². The van der Waals surface area contributed by atoms with Crippen LogP contribution in [0.5, 0.6) is 5.75 Å². The molecular formula is C22H34N2O4. The zero-order valence-electron chi connectivity index (χ0n) is 17.5. The molecule has 156 valence electrons. The van der Waals surface area contributed by atoms with Crippen LogP contribution in [-0.4, -0.2) is 67.6 Å². The van der Waals surface area contributed by atoms with Crippen LogP contribution in [0.15, 0.2) is 24.3 Å². The number of nitrogens with zero attached hydrogens (tertiary/aromatic N) is 2. The molecule has 0 saturated carbocycles. The van der Waals surface area contributed by atoms with E-state index in [-0.39, 0.29) is 18.3 Å². The Kier molecular flexibility index (Phi) is 9.28. The number of hydrogen-bond acceptors (Lipinski definition) is 5. The van der Waals surface area contributed by atoms with E-state index in [1.165, 1.54) is 6.42 Å². The largest absolute Gasteiger partial charge is 0.497 e. The maximum Gasteiger partial charge on any atom is 0.307 e. The average Bonchev–Trinajstić information content (AvgIpc) is 3.16. The molecule has 0 aromatic heterocycles. The van der Waals surface area contributed by atoms with Crippen molar-refractivity contribution in [3.8, 4) is 5.75 Å². The second kappa shape index (κ2) is 11.7. The molecule has 1 aliphatic heterocycles. The van der Waals surface area contributed by atoms with Crippen LogP contribution < -0.4 is 4.74 Å². The van der Waals surface area contributed by atoms with Gasteiger partial charge in [-0.15, -0.1) is 0 Å². The molecule has 0 aliphatic carbocycles. The summed E-state index contributed by atoms with van der Waals surface area (Å²) in [6.07, 6.45) is 3.61. The minimum Gasteiger partial charge on any atom is -0.497 e. The van der Waals surface area contributed by atoms with Crippen LogP contribution >= 0.6 is 0 Å². The first-order valence-corrected chi connectivity index (χ1v) is 10.4. The highest BCUT2D eigenvalue weighted by Gasteiger charge is 2.27. The van der Waals surface area contributed by atoms with Gasteiger partial charge in [-0.05, 0) is 57.0 Å². The van der Waals surface area contributed by atoms with Crippen molar-refractivity contribution >= 4 is 11.9 Å². The van der Waals surface area contributed by atoms with Crippen LogP contribution in [0.4, 0.5) is 0 Å². The molecule has 1 aliphatic rings. The van der Waals surface area contributed by atoms with Crippen LogP contribution in [0.1, 0.15) is 45.1 Å². The summed E-state index contributed by atoms with van der Waals surface area (Å²) in [7, 11) is 1.64. The van der Waals surface area contributed by atoms with Crippen molar-refractivity contribution in [1.82, 2.24) is 9.80 Å². The van der Waals surface area contributed by atoms with Crippen molar-refractivity contribution in [3.05, 3.63) is 29.8 Å². The van der Waals surface area contributed by atoms with E-state index >= 15 is 0 Å². The number of methoxy groups -OCH3 is 1. The van der Waals surface area contributed by atoms with E-state index in [1.54, 1.807) is 14.0 Å². The summed E-state index contributed by atoms with van der Waals surface area (Å²) in [5, 5.41) is 0. The van der Waals surface area contributed by atoms with Gasteiger partial charge < -0.3 is 14.4 Å². The molecule has 1 fully saturated rings. The molecule has 0 spiro atoms. The lowest BCUT2D eigenvalue weighted by atomic mass is 10.1. The Labute approximate surface area is 168 Å². The molecule has 0 radical (unpaired) electrons. The van der Waals surface area contributed by atoms with Gasteiger partial charge in [0, 0.05) is 25.6 Å². The third-order valence-electron chi connectivity index (χ3n) is 5.34. The molecule has 1 aromatic carbocycles. The molecule has 0 N–H and O–H groups in total. The van der Waals surface area contributed by atoms with Crippen LogP contribution in [-0.2, 0) is 20.7 Å². The van der Waals surface area contributed by atoms with Crippen LogP contribution in [0.3, 0.4) is 0 Å². The number of carbonyl (C=O) groups is 2. The Bertz CT molecular complexity index is 635. The first kappa shape index (κ1) is 22.2. The van der Waals surface area contributed by atoms with Gasteiger partial charge in [-0.25, -0.2) is 0 Å². The number of benzene rings is 1. The van der Waals surface area contributed by atoms with Gasteiger partial charge in [0.2, 0.25) is 5.91 Å². The summed E-state index contributed by atoms with van der Waals surface area (Å²) in [5.74, 6) is 0.649. The predicted molar refractivity (Wildman–Crippen MR) is 109 cm³/mol. The third kappa shape index (κ3) is 6.82. The van der Waals surface area contributed by atoms with Crippen LogP contribution in [0.2, 0.25) is 0 Å². The number of likely N-dealkylation sites (N-methyl/N-ethyl adjacent to an activating group) is 1. The van der Waals surface area contributed by atoms with Gasteiger partial charge in [0.25, 0.3) is 0 Å². The Balaban J connectivity index is 1.97. The molecule has 0 bridgehead atoms. The molecule has 1 amide bonds. The van der Waals surface area contributed by atoms with Gasteiger partial charge in [0.1, 0.15) is 5.75 Å². The standard InChI is InChI=1S/C22H34N2O4/c1-4-23-14-7-9-19(23)17-24(15-13-22(26)28-5-2)21(25)12-11-18-8-6-10-20(16-18)27-3/h6,8,10,16,19H,4-5,7,9,11-15,17H2,1-3H3. The highest BCUT2D eigenvalue weighted by molar-refractivity contribution is 5.77. The minimum absolute atomic E-state index is 0.0927. The zero-order chi connectivity index (χ0) is 20.4. The van der Waals surface area contributed by atoms with E-state index in [4.69, 9.17) is 9.47 Å². The second-order valence-electron chi connectivity index (χ2n) is 7.17. The number of likely N-dealkylation sites (tertiary alicyclic amines) is 1. The normalized spacial score (nSPS) is 16.8. The van der Waals surface area contributed by atoms with Gasteiger partial charge in [-0.2, -0.15) is 0 Å². The lowest BCUT2D eigenvalue weighted by molar-refractivity contribution is -0.144. The van der Waals surface area contributed by atoms with Gasteiger partial charge in [-0.1, -0.05) is 19.1 Å². The SMILES string of the molecule is CCOC(=O)CCN(CC1CCCN1CC)C(=O)CCc1cccc(OC)c1. The average molecular weight is 391 g/mol. The van der Waals surface area contributed by atoms with Gasteiger partial charge in [0.05, 0.1) is 20.1 Å². The van der Waals surface area contributed by atoms with Crippen LogP contribution in [0.25, 0.3) is 0 Å². The van der Waals surface area contributed by atoms with Crippen LogP contribution in [0, 0.1) is 0 Å². The number of carbonyl (C=O) groups excluding carboxylic acids is 2. The van der Waals surface area contributed by atoms with E-state index in [0.717, 1.165) is 30.8 Å². The fourth-order valence-electron chi connectivity index (χ4n) is 3.79. The van der Waals surface area contributed by atoms with E-state index < -0.39 is 0 Å². The van der Waals surface area contributed by atoms with Gasteiger partial charge in [-0.3, -0.25) is 14.5 Å². The third-order valence-corrected chi connectivity index (χ3v) is 5.34. The highest BCUT2D eigenvalue weighted by atomic mass is 16.5. The smallest absolute Gasteiger partial charge is 0.307 e. The Hall–Kier alpha value is -2.08. The first-order valence-electron chi connectivity index (χ1n) is 10.4. The number of aryl methyl sites for hydroxylation is 1. The van der Waals surface area contributed by atoms with Crippen molar-refractivity contribution < 1.29 is 19.1 Å². The predicted octanol–water partition coefficient (Wildman–Crippen LogP) is 2.89. The van der Waals surface area contributed by atoms with E-state index in [1.807, 2.05) is 29.2 Å². The molecule has 1 heterocycles. The first-order chi connectivity index (χ1) is 13.6. The number of hydrogen-bond donors (Lipinski definition) is 0. The summed E-state index contributed by atoms with van der Waals surface area (Å²) < 4.78 is 10.3. The summed E-state index contributed by atoms with van der Waals surface area (Å²) in [6, 6.07) is 8.19. The lowest BCUT2D eigenvalue weighted by Gasteiger charge is -2.30. The number of rotatable bonds is 11. The molecule has 2 rings (SSSR count). The zero-order valence-corrected chi connectivity index (χ0v) is 17.5. The number of amides is 1. The summed E-state index contributed by atoms with van der Waals surface area (Å²) in [4.78, 5) is 29.0. The molecule has 28 heavy (non-hydrogen) atoms. The van der Waals surface area contributed by atoms with E-state index in [2.05, 4.69) is 11.8 Å². The highest BCUT2D eigenvalue weighted by Crippen LogP contribution is 2.19. The maximum atomic E-state index is 12.9. The van der Waals surface area contributed by atoms with Crippen molar-refractivity contribution in [2.45, 2.75) is 52.0 Å². The van der Waals surface area contributed by atoms with Gasteiger partial charge in [0.15, 0.2) is 0 Å². The van der Waals surface area contributed by atoms with Crippen molar-refractivity contribution in [2.75, 3.05) is 39.9 Å².